The van der Waals surface area contributed by atoms with Crippen LogP contribution >= 0.6 is 0 Å². The quantitative estimate of drug-likeness (QED) is 0.432. The smallest absolute Gasteiger partial charge is 0.294 e. The molecule has 0 saturated carbocycles. The number of halogens is 6. The van der Waals surface area contributed by atoms with Crippen molar-refractivity contribution in [2.45, 2.75) is 25.7 Å². The van der Waals surface area contributed by atoms with Crippen LogP contribution in [-0.4, -0.2) is 21.4 Å². The first kappa shape index (κ1) is 20.3. The summed E-state index contributed by atoms with van der Waals surface area (Å²) in [5.41, 5.74) is 1.64. The molecule has 0 radical (unpaired) electrons. The highest BCUT2D eigenvalue weighted by molar-refractivity contribution is 5.56. The molecule has 156 valence electrons. The second kappa shape index (κ2) is 7.71. The van der Waals surface area contributed by atoms with Crippen LogP contribution in [0, 0.1) is 17.5 Å². The van der Waals surface area contributed by atoms with E-state index >= 15 is 0 Å². The highest BCUT2D eigenvalue weighted by atomic mass is 19.4. The van der Waals surface area contributed by atoms with Crippen LogP contribution in [0.4, 0.5) is 26.3 Å². The third-order valence-electron chi connectivity index (χ3n) is 4.93. The molecule has 0 atom stereocenters. The van der Waals surface area contributed by atoms with Gasteiger partial charge in [0.1, 0.15) is 0 Å². The Morgan fingerprint density at radius 1 is 0.967 bits per heavy atom. The highest BCUT2D eigenvalue weighted by Crippen LogP contribution is 2.30. The van der Waals surface area contributed by atoms with E-state index in [2.05, 4.69) is 9.97 Å². The molecule has 30 heavy (non-hydrogen) atoms. The first-order valence-corrected chi connectivity index (χ1v) is 9.09. The van der Waals surface area contributed by atoms with Crippen molar-refractivity contribution in [1.29, 1.82) is 0 Å². The first-order chi connectivity index (χ1) is 14.2. The molecule has 1 aliphatic heterocycles. The van der Waals surface area contributed by atoms with Gasteiger partial charge < -0.3 is 0 Å². The minimum atomic E-state index is -4.41. The van der Waals surface area contributed by atoms with Gasteiger partial charge in [-0.25, -0.2) is 23.1 Å². The summed E-state index contributed by atoms with van der Waals surface area (Å²) in [6, 6.07) is 6.58. The molecule has 2 aromatic carbocycles. The molecule has 4 rings (SSSR count). The first-order valence-electron chi connectivity index (χ1n) is 9.09. The van der Waals surface area contributed by atoms with Gasteiger partial charge in [-0.1, -0.05) is 12.1 Å². The summed E-state index contributed by atoms with van der Waals surface area (Å²) in [6.45, 7) is 1.22. The van der Waals surface area contributed by atoms with Crippen LogP contribution in [0.15, 0.2) is 42.6 Å². The zero-order valence-electron chi connectivity index (χ0n) is 15.5. The Bertz CT molecular complexity index is 1060. The number of hydrogen-bond acceptors (Lipinski definition) is 3. The van der Waals surface area contributed by atoms with Crippen molar-refractivity contribution in [3.8, 4) is 11.4 Å². The Balaban J connectivity index is 1.49. The van der Waals surface area contributed by atoms with Gasteiger partial charge >= 0.3 is 6.18 Å². The average molecular weight is 423 g/mol. The molecular weight excluding hydrogens is 408 g/mol. The van der Waals surface area contributed by atoms with Crippen LogP contribution in [-0.2, 0) is 25.7 Å². The zero-order chi connectivity index (χ0) is 21.5. The number of fused-ring (bicyclic) bond motifs is 1. The van der Waals surface area contributed by atoms with Crippen LogP contribution in [0.3, 0.4) is 0 Å². The number of hydrogen-bond donors (Lipinski definition) is 0. The van der Waals surface area contributed by atoms with Gasteiger partial charge in [-0.05, 0) is 29.8 Å². The SMILES string of the molecule is Fc1cc(CN2CCc3nc(-c4ccc(C(F)(F)F)cc4)ncc3C2)cc(F)c1F. The maximum atomic E-state index is 13.4. The molecule has 2 heterocycles. The third kappa shape index (κ3) is 4.16. The summed E-state index contributed by atoms with van der Waals surface area (Å²) < 4.78 is 78.1. The molecule has 3 aromatic rings. The lowest BCUT2D eigenvalue weighted by molar-refractivity contribution is -0.137. The van der Waals surface area contributed by atoms with Gasteiger partial charge in [-0.2, -0.15) is 13.2 Å². The topological polar surface area (TPSA) is 29.0 Å². The highest BCUT2D eigenvalue weighted by Gasteiger charge is 2.30. The molecule has 1 aromatic heterocycles. The van der Waals surface area contributed by atoms with Crippen molar-refractivity contribution in [3.63, 3.8) is 0 Å². The molecule has 9 heteroatoms. The van der Waals surface area contributed by atoms with Gasteiger partial charge in [-0.15, -0.1) is 0 Å². The van der Waals surface area contributed by atoms with E-state index < -0.39 is 29.2 Å². The van der Waals surface area contributed by atoms with Gasteiger partial charge in [0.2, 0.25) is 0 Å². The maximum Gasteiger partial charge on any atom is 0.416 e. The fourth-order valence-corrected chi connectivity index (χ4v) is 3.41. The van der Waals surface area contributed by atoms with Crippen LogP contribution < -0.4 is 0 Å². The van der Waals surface area contributed by atoms with Crippen molar-refractivity contribution in [2.24, 2.45) is 0 Å². The Hall–Kier alpha value is -2.94. The molecule has 0 aliphatic carbocycles. The van der Waals surface area contributed by atoms with Gasteiger partial charge in [0, 0.05) is 43.4 Å². The van der Waals surface area contributed by atoms with E-state index in [1.807, 2.05) is 4.90 Å². The van der Waals surface area contributed by atoms with Crippen LogP contribution in [0.25, 0.3) is 11.4 Å². The van der Waals surface area contributed by atoms with Crippen molar-refractivity contribution < 1.29 is 26.3 Å². The average Bonchev–Trinajstić information content (AvgIpc) is 2.71. The van der Waals surface area contributed by atoms with Gasteiger partial charge in [0.25, 0.3) is 0 Å². The molecule has 0 N–H and O–H groups in total. The van der Waals surface area contributed by atoms with Crippen LogP contribution in [0.5, 0.6) is 0 Å². The monoisotopic (exact) mass is 423 g/mol. The fraction of sp³-hybridized carbons (Fsp3) is 0.238. The summed E-state index contributed by atoms with van der Waals surface area (Å²) in [7, 11) is 0. The molecule has 1 aliphatic rings. The van der Waals surface area contributed by atoms with Crippen molar-refractivity contribution in [1.82, 2.24) is 14.9 Å². The standard InChI is InChI=1S/C21H15F6N3/c22-16-7-12(8-17(23)19(16)24)10-30-6-5-18-14(11-30)9-28-20(29-18)13-1-3-15(4-2-13)21(25,26)27/h1-4,7-9H,5-6,10-11H2. The van der Waals surface area contributed by atoms with Gasteiger partial charge in [0.15, 0.2) is 23.3 Å². The van der Waals surface area contributed by atoms with E-state index in [4.69, 9.17) is 0 Å². The van der Waals surface area contributed by atoms with Crippen molar-refractivity contribution >= 4 is 0 Å². The molecule has 3 nitrogen and oxygen atoms in total. The Morgan fingerprint density at radius 3 is 2.27 bits per heavy atom. The lowest BCUT2D eigenvalue weighted by atomic mass is 10.1. The summed E-state index contributed by atoms with van der Waals surface area (Å²) in [5.74, 6) is -3.62. The van der Waals surface area contributed by atoms with Crippen LogP contribution in [0.1, 0.15) is 22.4 Å². The summed E-state index contributed by atoms with van der Waals surface area (Å²) >= 11 is 0. The molecule has 0 spiro atoms. The van der Waals surface area contributed by atoms with E-state index in [-0.39, 0.29) is 6.54 Å². The third-order valence-corrected chi connectivity index (χ3v) is 4.93. The van der Waals surface area contributed by atoms with E-state index in [0.29, 0.717) is 36.5 Å². The number of aromatic nitrogens is 2. The summed E-state index contributed by atoms with van der Waals surface area (Å²) in [4.78, 5) is 10.6. The number of rotatable bonds is 3. The molecule has 0 saturated heterocycles. The van der Waals surface area contributed by atoms with E-state index in [9.17, 15) is 26.3 Å². The van der Waals surface area contributed by atoms with E-state index in [1.165, 1.54) is 12.1 Å². The largest absolute Gasteiger partial charge is 0.416 e. The zero-order valence-corrected chi connectivity index (χ0v) is 15.5. The maximum absolute atomic E-state index is 13.4. The minimum Gasteiger partial charge on any atom is -0.294 e. The van der Waals surface area contributed by atoms with Crippen molar-refractivity contribution in [2.75, 3.05) is 6.54 Å². The second-order valence-corrected chi connectivity index (χ2v) is 7.07. The lowest BCUT2D eigenvalue weighted by Crippen LogP contribution is -2.31. The molecular formula is C21H15F6N3. The lowest BCUT2D eigenvalue weighted by Gasteiger charge is -2.28. The predicted octanol–water partition coefficient (Wildman–Crippen LogP) is 5.14. The molecule has 0 amide bonds. The molecule has 0 unspecified atom stereocenters. The van der Waals surface area contributed by atoms with Crippen molar-refractivity contribution in [3.05, 3.63) is 82.4 Å². The molecule has 0 bridgehead atoms. The van der Waals surface area contributed by atoms with Crippen LogP contribution in [0.2, 0.25) is 0 Å². The van der Waals surface area contributed by atoms with Gasteiger partial charge in [0.05, 0.1) is 11.3 Å². The fourth-order valence-electron chi connectivity index (χ4n) is 3.41. The van der Waals surface area contributed by atoms with E-state index in [0.717, 1.165) is 35.5 Å². The number of nitrogens with zero attached hydrogens (tertiary/aromatic N) is 3. The predicted molar refractivity (Wildman–Crippen MR) is 96.6 cm³/mol. The summed E-state index contributed by atoms with van der Waals surface area (Å²) in [5, 5.41) is 0. The Kier molecular flexibility index (Phi) is 5.23. The summed E-state index contributed by atoms with van der Waals surface area (Å²) in [6.07, 6.45) is -2.26. The Labute approximate surface area is 168 Å². The molecule has 0 fully saturated rings. The minimum absolute atomic E-state index is 0.230. The second-order valence-electron chi connectivity index (χ2n) is 7.07. The Morgan fingerprint density at radius 2 is 1.63 bits per heavy atom. The number of benzene rings is 2. The normalized spacial score (nSPS) is 14.6. The number of alkyl halides is 3. The van der Waals surface area contributed by atoms with Gasteiger partial charge in [-0.3, -0.25) is 4.90 Å². The van der Waals surface area contributed by atoms with E-state index in [1.54, 1.807) is 6.20 Å².